The molecule has 0 unspecified atom stereocenters. The lowest BCUT2D eigenvalue weighted by Crippen LogP contribution is -2.18. The van der Waals surface area contributed by atoms with Crippen LogP contribution in [0.4, 0.5) is 5.69 Å². The van der Waals surface area contributed by atoms with E-state index >= 15 is 0 Å². The Morgan fingerprint density at radius 3 is 2.63 bits per heavy atom. The zero-order valence-electron chi connectivity index (χ0n) is 15.6. The smallest absolute Gasteiger partial charge is 0.276 e. The maximum Gasteiger partial charge on any atom is 0.276 e. The van der Waals surface area contributed by atoms with E-state index in [0.717, 1.165) is 23.0 Å². The summed E-state index contributed by atoms with van der Waals surface area (Å²) in [6.45, 7) is 6.63. The molecular formula is C17H22N4O5S. The van der Waals surface area contributed by atoms with Gasteiger partial charge in [0.2, 0.25) is 0 Å². The number of aromatic nitrogens is 1. The largest absolute Gasteiger partial charge is 0.383 e. The molecule has 2 aromatic rings. The summed E-state index contributed by atoms with van der Waals surface area (Å²) in [5.41, 5.74) is 2.82. The van der Waals surface area contributed by atoms with Crippen molar-refractivity contribution in [3.8, 4) is 0 Å². The number of nitrogens with zero attached hydrogens (tertiary/aromatic N) is 3. The molecule has 0 aliphatic rings. The first-order valence-electron chi connectivity index (χ1n) is 8.13. The van der Waals surface area contributed by atoms with Crippen LogP contribution in [0, 0.1) is 30.9 Å². The molecule has 1 aromatic carbocycles. The van der Waals surface area contributed by atoms with Gasteiger partial charge in [-0.25, -0.2) is 4.83 Å². The third kappa shape index (κ3) is 4.72. The lowest BCUT2D eigenvalue weighted by molar-refractivity contribution is -0.385. The molecule has 0 radical (unpaired) electrons. The Labute approximate surface area is 157 Å². The molecule has 0 saturated carbocycles. The molecule has 0 amide bonds. The number of sulfonamides is 1. The minimum atomic E-state index is -4.01. The van der Waals surface area contributed by atoms with E-state index in [2.05, 4.69) is 9.93 Å². The number of methoxy groups -OCH3 is 1. The van der Waals surface area contributed by atoms with Crippen molar-refractivity contribution in [2.24, 2.45) is 5.10 Å². The summed E-state index contributed by atoms with van der Waals surface area (Å²) in [4.78, 5) is 12.3. The topological polar surface area (TPSA) is 116 Å². The number of nitrogens with one attached hydrogen (secondary N) is 1. The predicted molar refractivity (Wildman–Crippen MR) is 102 cm³/mol. The van der Waals surface area contributed by atoms with E-state index in [0.29, 0.717) is 18.7 Å². The highest BCUT2D eigenvalue weighted by Crippen LogP contribution is 2.22. The van der Waals surface area contributed by atoms with Gasteiger partial charge in [0.15, 0.2) is 0 Å². The van der Waals surface area contributed by atoms with Crippen LogP contribution in [0.2, 0.25) is 0 Å². The minimum Gasteiger partial charge on any atom is -0.383 e. The van der Waals surface area contributed by atoms with Gasteiger partial charge < -0.3 is 9.30 Å². The Morgan fingerprint density at radius 2 is 2.00 bits per heavy atom. The number of hydrogen-bond acceptors (Lipinski definition) is 6. The summed E-state index contributed by atoms with van der Waals surface area (Å²) in [7, 11) is -2.39. The molecule has 146 valence electrons. The van der Waals surface area contributed by atoms with E-state index in [-0.39, 0.29) is 10.6 Å². The van der Waals surface area contributed by atoms with Crippen molar-refractivity contribution in [1.29, 1.82) is 0 Å². The van der Waals surface area contributed by atoms with E-state index in [1.54, 1.807) is 14.0 Å². The summed E-state index contributed by atoms with van der Waals surface area (Å²) in [5.74, 6) is 0. The van der Waals surface area contributed by atoms with E-state index in [1.165, 1.54) is 18.3 Å². The van der Waals surface area contributed by atoms with Crippen molar-refractivity contribution < 1.29 is 18.1 Å². The fourth-order valence-electron chi connectivity index (χ4n) is 2.66. The fraction of sp³-hybridized carbons (Fsp3) is 0.353. The summed E-state index contributed by atoms with van der Waals surface area (Å²) in [6.07, 6.45) is 1.41. The van der Waals surface area contributed by atoms with Crippen LogP contribution in [-0.2, 0) is 21.3 Å². The van der Waals surface area contributed by atoms with Gasteiger partial charge in [0, 0.05) is 42.2 Å². The van der Waals surface area contributed by atoms with Gasteiger partial charge >= 0.3 is 0 Å². The molecule has 10 heteroatoms. The number of benzene rings is 1. The molecule has 1 aromatic heterocycles. The number of hydrazone groups is 1. The number of rotatable bonds is 8. The first-order chi connectivity index (χ1) is 12.7. The molecule has 27 heavy (non-hydrogen) atoms. The maximum absolute atomic E-state index is 12.3. The van der Waals surface area contributed by atoms with Crippen molar-refractivity contribution in [3.63, 3.8) is 0 Å². The second-order valence-corrected chi connectivity index (χ2v) is 7.69. The van der Waals surface area contributed by atoms with Crippen LogP contribution < -0.4 is 4.83 Å². The summed E-state index contributed by atoms with van der Waals surface area (Å²) in [6, 6.07) is 5.60. The fourth-order valence-corrected chi connectivity index (χ4v) is 3.47. The Balaban J connectivity index is 2.21. The molecule has 0 fully saturated rings. The van der Waals surface area contributed by atoms with Crippen molar-refractivity contribution in [2.75, 3.05) is 13.7 Å². The molecule has 0 aliphatic carbocycles. The Hall–Kier alpha value is -2.72. The highest BCUT2D eigenvalue weighted by molar-refractivity contribution is 7.89. The monoisotopic (exact) mass is 394 g/mol. The van der Waals surface area contributed by atoms with E-state index in [1.807, 2.05) is 24.5 Å². The van der Waals surface area contributed by atoms with Gasteiger partial charge in [-0.05, 0) is 32.9 Å². The SMILES string of the molecule is COCCn1c(C)cc(/C=N/NS(=O)(=O)c2ccc(C)c([N+](=O)[O-])c2)c1C. The third-order valence-corrected chi connectivity index (χ3v) is 5.42. The normalized spacial score (nSPS) is 11.9. The average molecular weight is 394 g/mol. The number of nitro groups is 1. The van der Waals surface area contributed by atoms with Crippen molar-refractivity contribution in [3.05, 3.63) is 56.9 Å². The van der Waals surface area contributed by atoms with E-state index < -0.39 is 14.9 Å². The van der Waals surface area contributed by atoms with E-state index in [9.17, 15) is 18.5 Å². The summed E-state index contributed by atoms with van der Waals surface area (Å²) < 4.78 is 31.8. The van der Waals surface area contributed by atoms with Crippen LogP contribution in [0.1, 0.15) is 22.5 Å². The molecule has 0 saturated heterocycles. The van der Waals surface area contributed by atoms with Gasteiger partial charge in [-0.15, -0.1) is 0 Å². The number of hydrogen-bond donors (Lipinski definition) is 1. The standard InChI is InChI=1S/C17H22N4O5S/c1-12-5-6-16(10-17(12)21(22)23)27(24,25)19-18-11-15-9-13(2)20(14(15)3)7-8-26-4/h5-6,9-11,19H,7-8H2,1-4H3/b18-11+. The van der Waals surface area contributed by atoms with Gasteiger partial charge in [0.1, 0.15) is 0 Å². The van der Waals surface area contributed by atoms with Crippen LogP contribution >= 0.6 is 0 Å². The molecule has 0 aliphatic heterocycles. The number of ether oxygens (including phenoxy) is 1. The van der Waals surface area contributed by atoms with Crippen LogP contribution in [0.15, 0.2) is 34.3 Å². The quantitative estimate of drug-likeness (QED) is 0.419. The van der Waals surface area contributed by atoms with Crippen LogP contribution in [0.25, 0.3) is 0 Å². The van der Waals surface area contributed by atoms with Crippen molar-refractivity contribution in [1.82, 2.24) is 9.40 Å². The lowest BCUT2D eigenvalue weighted by atomic mass is 10.2. The molecule has 1 N–H and O–H groups in total. The zero-order valence-corrected chi connectivity index (χ0v) is 16.4. The molecule has 0 atom stereocenters. The van der Waals surface area contributed by atoms with Gasteiger partial charge in [-0.1, -0.05) is 6.07 Å². The van der Waals surface area contributed by atoms with Gasteiger partial charge in [0.05, 0.1) is 22.6 Å². The molecule has 1 heterocycles. The average Bonchev–Trinajstić information content (AvgIpc) is 2.86. The van der Waals surface area contributed by atoms with Gasteiger partial charge in [0.25, 0.3) is 15.7 Å². The Bertz CT molecular complexity index is 979. The third-order valence-electron chi connectivity index (χ3n) is 4.20. The van der Waals surface area contributed by atoms with Crippen LogP contribution in [0.3, 0.4) is 0 Å². The maximum atomic E-state index is 12.3. The highest BCUT2D eigenvalue weighted by atomic mass is 32.2. The predicted octanol–water partition coefficient (Wildman–Crippen LogP) is 2.28. The Morgan fingerprint density at radius 1 is 1.30 bits per heavy atom. The van der Waals surface area contributed by atoms with Crippen LogP contribution in [-0.4, -0.2) is 37.8 Å². The zero-order chi connectivity index (χ0) is 20.2. The molecule has 2 rings (SSSR count). The first-order valence-corrected chi connectivity index (χ1v) is 9.61. The lowest BCUT2D eigenvalue weighted by Gasteiger charge is -2.08. The van der Waals surface area contributed by atoms with Gasteiger partial charge in [-0.3, -0.25) is 10.1 Å². The summed E-state index contributed by atoms with van der Waals surface area (Å²) in [5, 5.41) is 14.8. The molecular weight excluding hydrogens is 372 g/mol. The van der Waals surface area contributed by atoms with Crippen molar-refractivity contribution >= 4 is 21.9 Å². The number of nitro benzene ring substituents is 1. The summed E-state index contributed by atoms with van der Waals surface area (Å²) >= 11 is 0. The van der Waals surface area contributed by atoms with Gasteiger partial charge in [-0.2, -0.15) is 13.5 Å². The van der Waals surface area contributed by atoms with Crippen LogP contribution in [0.5, 0.6) is 0 Å². The minimum absolute atomic E-state index is 0.220. The number of aryl methyl sites for hydroxylation is 2. The van der Waals surface area contributed by atoms with Crippen molar-refractivity contribution in [2.45, 2.75) is 32.2 Å². The molecule has 0 spiro atoms. The second kappa shape index (κ2) is 8.31. The highest BCUT2D eigenvalue weighted by Gasteiger charge is 2.19. The molecule has 0 bridgehead atoms. The molecule has 9 nitrogen and oxygen atoms in total. The second-order valence-electron chi connectivity index (χ2n) is 6.03. The van der Waals surface area contributed by atoms with E-state index in [4.69, 9.17) is 4.74 Å². The Kier molecular flexibility index (Phi) is 6.34. The first kappa shape index (κ1) is 20.6.